The van der Waals surface area contributed by atoms with Gasteiger partial charge in [-0.25, -0.2) is 12.8 Å². The Hall–Kier alpha value is -2.49. The molecule has 2 aromatic rings. The van der Waals surface area contributed by atoms with Crippen molar-refractivity contribution in [2.24, 2.45) is 10.8 Å². The Bertz CT molecular complexity index is 1340. The molecule has 7 saturated carbocycles. The predicted octanol–water partition coefficient (Wildman–Crippen LogP) is 4.84. The first kappa shape index (κ1) is 23.6. The predicted molar refractivity (Wildman–Crippen MR) is 135 cm³/mol. The van der Waals surface area contributed by atoms with Crippen LogP contribution in [0, 0.1) is 10.8 Å². The molecule has 0 unspecified atom stereocenters. The number of carbonyl (C=O) groups is 1. The third-order valence-corrected chi connectivity index (χ3v) is 10.5. The fourth-order valence-electron chi connectivity index (χ4n) is 7.52. The molecule has 1 heterocycles. The van der Waals surface area contributed by atoms with Crippen LogP contribution in [0.5, 0.6) is 0 Å². The van der Waals surface area contributed by atoms with Gasteiger partial charge in [0.05, 0.1) is 17.4 Å². The first-order valence-corrected chi connectivity index (χ1v) is 15.3. The summed E-state index contributed by atoms with van der Waals surface area (Å²) in [4.78, 5) is 20.5. The molecule has 1 aromatic carbocycles. The van der Waals surface area contributed by atoms with Crippen molar-refractivity contribution in [1.82, 2.24) is 10.1 Å². The lowest BCUT2D eigenvalue weighted by Gasteiger charge is -2.65. The van der Waals surface area contributed by atoms with Crippen molar-refractivity contribution in [2.75, 3.05) is 22.4 Å². The molecule has 7 aliphatic rings. The van der Waals surface area contributed by atoms with Crippen molar-refractivity contribution in [3.8, 4) is 0 Å². The Morgan fingerprint density at radius 1 is 1.14 bits per heavy atom. The summed E-state index contributed by atoms with van der Waals surface area (Å²) in [6.45, 7) is 0.558. The van der Waals surface area contributed by atoms with Gasteiger partial charge in [-0.2, -0.15) is 4.98 Å². The van der Waals surface area contributed by atoms with E-state index in [9.17, 15) is 17.6 Å². The zero-order chi connectivity index (χ0) is 25.7. The second-order valence-corrected chi connectivity index (χ2v) is 14.5. The van der Waals surface area contributed by atoms with Crippen molar-refractivity contribution < 1.29 is 22.1 Å². The number of sulfonamides is 1. The molecule has 0 spiro atoms. The number of fused-ring (bicyclic) bond motifs is 3. The van der Waals surface area contributed by atoms with Gasteiger partial charge in [0.2, 0.25) is 21.8 Å². The minimum absolute atomic E-state index is 0.0220. The zero-order valence-corrected chi connectivity index (χ0v) is 21.9. The second kappa shape index (κ2) is 7.55. The Labute approximate surface area is 216 Å². The van der Waals surface area contributed by atoms with E-state index >= 15 is 0 Å². The number of nitrogens with one attached hydrogen (secondary N) is 1. The summed E-state index contributed by atoms with van der Waals surface area (Å²) in [6, 6.07) is 7.02. The van der Waals surface area contributed by atoms with Crippen LogP contribution >= 0.6 is 0 Å². The van der Waals surface area contributed by atoms with E-state index in [-0.39, 0.29) is 16.7 Å². The smallest absolute Gasteiger partial charge is 0.233 e. The molecule has 198 valence electrons. The van der Waals surface area contributed by atoms with Gasteiger partial charge in [-0.05, 0) is 94.2 Å². The zero-order valence-electron chi connectivity index (χ0n) is 21.1. The number of aromatic nitrogens is 2. The minimum Gasteiger partial charge on any atom is -0.339 e. The van der Waals surface area contributed by atoms with E-state index < -0.39 is 21.1 Å². The summed E-state index contributed by atoms with van der Waals surface area (Å²) >= 11 is 0. The first-order valence-electron chi connectivity index (χ1n) is 13.4. The molecule has 0 saturated heterocycles. The normalized spacial score (nSPS) is 35.9. The Morgan fingerprint density at radius 3 is 2.41 bits per heavy atom. The molecule has 1 amide bonds. The van der Waals surface area contributed by atoms with E-state index in [1.54, 1.807) is 18.2 Å². The summed E-state index contributed by atoms with van der Waals surface area (Å²) in [7, 11) is -3.46. The number of anilines is 2. The lowest BCUT2D eigenvalue weighted by atomic mass is 9.41. The number of nitrogens with zero attached hydrogens (tertiary/aromatic N) is 3. The lowest BCUT2D eigenvalue weighted by Crippen LogP contribution is -2.71. The number of carbonyl (C=O) groups excluding carboxylic acids is 1. The molecular formula is C27H33FN4O4S. The van der Waals surface area contributed by atoms with Crippen LogP contribution in [0.15, 0.2) is 28.8 Å². The van der Waals surface area contributed by atoms with Crippen LogP contribution in [0.4, 0.5) is 15.8 Å². The number of benzene rings is 1. The van der Waals surface area contributed by atoms with E-state index in [0.29, 0.717) is 43.1 Å². The summed E-state index contributed by atoms with van der Waals surface area (Å²) in [5, 5.41) is 4.26. The van der Waals surface area contributed by atoms with Gasteiger partial charge in [-0.3, -0.25) is 9.52 Å². The molecule has 37 heavy (non-hydrogen) atoms. The maximum atomic E-state index is 14.4. The Morgan fingerprint density at radius 2 is 1.81 bits per heavy atom. The number of rotatable bonds is 8. The van der Waals surface area contributed by atoms with Crippen LogP contribution in [-0.2, 0) is 20.2 Å². The fourth-order valence-corrected chi connectivity index (χ4v) is 8.08. The van der Waals surface area contributed by atoms with E-state index in [1.165, 1.54) is 0 Å². The van der Waals surface area contributed by atoms with Crippen LogP contribution in [0.3, 0.4) is 0 Å². The first-order chi connectivity index (χ1) is 17.5. The van der Waals surface area contributed by atoms with Crippen LogP contribution < -0.4 is 9.62 Å². The SMILES string of the molecule is CS(=O)(=O)Nc1cccc(N(CC23CCC(c4nc(C5CC5)no4)(CC2)CC3)C(=O)C23CC(F)(C2)C3)c1. The summed E-state index contributed by atoms with van der Waals surface area (Å²) in [5.74, 6) is 2.09. The van der Waals surface area contributed by atoms with Gasteiger partial charge in [0.15, 0.2) is 5.82 Å². The van der Waals surface area contributed by atoms with Crippen LogP contribution in [0.25, 0.3) is 0 Å². The summed E-state index contributed by atoms with van der Waals surface area (Å²) in [6.07, 6.45) is 10.0. The lowest BCUT2D eigenvalue weighted by molar-refractivity contribution is -0.211. The van der Waals surface area contributed by atoms with Crippen LogP contribution in [-0.4, -0.2) is 42.9 Å². The summed E-state index contributed by atoms with van der Waals surface area (Å²) in [5.41, 5.74) is -0.791. The molecule has 0 atom stereocenters. The van der Waals surface area contributed by atoms with E-state index in [0.717, 1.165) is 69.3 Å². The third kappa shape index (κ3) is 3.89. The van der Waals surface area contributed by atoms with Crippen molar-refractivity contribution in [3.63, 3.8) is 0 Å². The molecule has 1 N–H and O–H groups in total. The van der Waals surface area contributed by atoms with Gasteiger partial charge in [0.1, 0.15) is 5.67 Å². The van der Waals surface area contributed by atoms with Gasteiger partial charge < -0.3 is 9.42 Å². The van der Waals surface area contributed by atoms with Gasteiger partial charge in [-0.15, -0.1) is 0 Å². The quantitative estimate of drug-likeness (QED) is 0.526. The number of hydrogen-bond acceptors (Lipinski definition) is 6. The van der Waals surface area contributed by atoms with Crippen molar-refractivity contribution in [3.05, 3.63) is 36.0 Å². The highest BCUT2D eigenvalue weighted by atomic mass is 32.2. The highest BCUT2D eigenvalue weighted by Crippen LogP contribution is 2.70. The molecule has 0 radical (unpaired) electrons. The highest BCUT2D eigenvalue weighted by molar-refractivity contribution is 7.92. The van der Waals surface area contributed by atoms with Crippen molar-refractivity contribution in [1.29, 1.82) is 0 Å². The highest BCUT2D eigenvalue weighted by Gasteiger charge is 2.73. The molecule has 7 aliphatic carbocycles. The van der Waals surface area contributed by atoms with E-state index in [2.05, 4.69) is 9.88 Å². The number of hydrogen-bond donors (Lipinski definition) is 1. The maximum Gasteiger partial charge on any atom is 0.233 e. The Kier molecular flexibility index (Phi) is 4.82. The summed E-state index contributed by atoms with van der Waals surface area (Å²) < 4.78 is 46.3. The van der Waals surface area contributed by atoms with Crippen molar-refractivity contribution in [2.45, 2.75) is 87.6 Å². The van der Waals surface area contributed by atoms with E-state index in [1.807, 2.05) is 11.0 Å². The molecular weight excluding hydrogens is 495 g/mol. The molecule has 1 aromatic heterocycles. The van der Waals surface area contributed by atoms with Crippen LogP contribution in [0.1, 0.15) is 88.3 Å². The molecule has 8 nitrogen and oxygen atoms in total. The van der Waals surface area contributed by atoms with Gasteiger partial charge in [0.25, 0.3) is 0 Å². The van der Waals surface area contributed by atoms with Crippen LogP contribution in [0.2, 0.25) is 0 Å². The number of alkyl halides is 1. The monoisotopic (exact) mass is 528 g/mol. The minimum atomic E-state index is -3.46. The second-order valence-electron chi connectivity index (χ2n) is 12.8. The largest absolute Gasteiger partial charge is 0.339 e. The third-order valence-electron chi connectivity index (χ3n) is 9.86. The average Bonchev–Trinajstić information content (AvgIpc) is 3.55. The standard InChI is InChI=1S/C27H33FN4O4S/c1-37(34,35)31-19-3-2-4-20(13-19)32(23(33)26-14-27(28,15-26)16-26)17-24-7-10-25(11-8-24,12-9-24)22-29-21(30-36-22)18-5-6-18/h2-4,13,18,31H,5-12,14-17H2,1H3. The molecule has 10 heteroatoms. The molecule has 9 rings (SSSR count). The van der Waals surface area contributed by atoms with Gasteiger partial charge >= 0.3 is 0 Å². The maximum absolute atomic E-state index is 14.4. The van der Waals surface area contributed by atoms with Gasteiger partial charge in [0, 0.05) is 23.6 Å². The Balaban J connectivity index is 1.14. The molecule has 4 bridgehead atoms. The van der Waals surface area contributed by atoms with Crippen molar-refractivity contribution >= 4 is 27.3 Å². The van der Waals surface area contributed by atoms with E-state index in [4.69, 9.17) is 9.51 Å². The topological polar surface area (TPSA) is 105 Å². The molecule has 7 fully saturated rings. The number of amides is 1. The average molecular weight is 529 g/mol. The number of halogens is 1. The fraction of sp³-hybridized carbons (Fsp3) is 0.667. The van der Waals surface area contributed by atoms with Gasteiger partial charge in [-0.1, -0.05) is 11.2 Å². The molecule has 0 aliphatic heterocycles.